The molecule has 2 aromatic heterocycles. The standard InChI is InChI=1S/C16H24N6OS/c1-10-13(11(2)22(4)20-10)9-21(3)8-7-14(23)17-16-19-18-15(24-16)12-5-6-12/h12H,5-9H2,1-4H3,(H,17,19,23). The first-order valence-electron chi connectivity index (χ1n) is 8.25. The third kappa shape index (κ3) is 3.99. The third-order valence-corrected chi connectivity index (χ3v) is 5.42. The zero-order valence-electron chi connectivity index (χ0n) is 14.7. The summed E-state index contributed by atoms with van der Waals surface area (Å²) in [5.74, 6) is 0.560. The predicted molar refractivity (Wildman–Crippen MR) is 94.1 cm³/mol. The number of nitrogens with zero attached hydrogens (tertiary/aromatic N) is 5. The molecule has 0 bridgehead atoms. The average molecular weight is 348 g/mol. The predicted octanol–water partition coefficient (Wildman–Crippen LogP) is 2.23. The van der Waals surface area contributed by atoms with Crippen LogP contribution in [0.1, 0.15) is 47.1 Å². The Balaban J connectivity index is 1.46. The van der Waals surface area contributed by atoms with E-state index >= 15 is 0 Å². The van der Waals surface area contributed by atoms with Crippen molar-refractivity contribution < 1.29 is 4.79 Å². The maximum atomic E-state index is 12.1. The summed E-state index contributed by atoms with van der Waals surface area (Å²) in [5, 5.41) is 17.1. The van der Waals surface area contributed by atoms with Crippen LogP contribution < -0.4 is 5.32 Å². The number of hydrogen-bond donors (Lipinski definition) is 1. The van der Waals surface area contributed by atoms with Crippen molar-refractivity contribution >= 4 is 22.4 Å². The van der Waals surface area contributed by atoms with Crippen molar-refractivity contribution in [3.63, 3.8) is 0 Å². The summed E-state index contributed by atoms with van der Waals surface area (Å²) in [7, 11) is 3.98. The van der Waals surface area contributed by atoms with Gasteiger partial charge in [-0.2, -0.15) is 5.10 Å². The highest BCUT2D eigenvalue weighted by molar-refractivity contribution is 7.15. The molecule has 1 amide bonds. The molecule has 0 unspecified atom stereocenters. The fourth-order valence-electron chi connectivity index (χ4n) is 2.65. The lowest BCUT2D eigenvalue weighted by molar-refractivity contribution is -0.116. The monoisotopic (exact) mass is 348 g/mol. The van der Waals surface area contributed by atoms with E-state index in [1.165, 1.54) is 35.4 Å². The van der Waals surface area contributed by atoms with Crippen molar-refractivity contribution in [2.75, 3.05) is 18.9 Å². The van der Waals surface area contributed by atoms with Gasteiger partial charge in [-0.05, 0) is 33.7 Å². The number of aryl methyl sites for hydroxylation is 2. The Morgan fingerprint density at radius 3 is 2.75 bits per heavy atom. The van der Waals surface area contributed by atoms with Crippen LogP contribution in [0.3, 0.4) is 0 Å². The Morgan fingerprint density at radius 1 is 1.38 bits per heavy atom. The molecule has 130 valence electrons. The smallest absolute Gasteiger partial charge is 0.227 e. The van der Waals surface area contributed by atoms with Crippen LogP contribution in [-0.4, -0.2) is 44.4 Å². The molecule has 0 spiro atoms. The molecule has 0 aromatic carbocycles. The molecular weight excluding hydrogens is 324 g/mol. The van der Waals surface area contributed by atoms with Crippen LogP contribution in [0.5, 0.6) is 0 Å². The highest BCUT2D eigenvalue weighted by atomic mass is 32.1. The second kappa shape index (κ2) is 6.98. The largest absolute Gasteiger partial charge is 0.301 e. The molecule has 0 atom stereocenters. The summed E-state index contributed by atoms with van der Waals surface area (Å²) >= 11 is 1.50. The van der Waals surface area contributed by atoms with Crippen LogP contribution in [0.2, 0.25) is 0 Å². The summed E-state index contributed by atoms with van der Waals surface area (Å²) in [6.45, 7) is 5.58. The van der Waals surface area contributed by atoms with Crippen molar-refractivity contribution in [3.8, 4) is 0 Å². The van der Waals surface area contributed by atoms with Gasteiger partial charge in [0.15, 0.2) is 0 Å². The van der Waals surface area contributed by atoms with Crippen LogP contribution in [0.4, 0.5) is 5.13 Å². The first-order valence-corrected chi connectivity index (χ1v) is 9.06. The van der Waals surface area contributed by atoms with E-state index in [4.69, 9.17) is 0 Å². The zero-order chi connectivity index (χ0) is 17.3. The highest BCUT2D eigenvalue weighted by Gasteiger charge is 2.27. The van der Waals surface area contributed by atoms with E-state index in [9.17, 15) is 4.79 Å². The number of carbonyl (C=O) groups excluding carboxylic acids is 1. The SMILES string of the molecule is Cc1nn(C)c(C)c1CN(C)CCC(=O)Nc1nnc(C2CC2)s1. The lowest BCUT2D eigenvalue weighted by Crippen LogP contribution is -2.24. The first-order chi connectivity index (χ1) is 11.4. The van der Waals surface area contributed by atoms with E-state index < -0.39 is 0 Å². The molecule has 0 aliphatic heterocycles. The molecule has 1 saturated carbocycles. The Hall–Kier alpha value is -1.80. The molecule has 3 rings (SSSR count). The minimum absolute atomic E-state index is 0.0139. The van der Waals surface area contributed by atoms with Gasteiger partial charge < -0.3 is 10.2 Å². The fourth-order valence-corrected chi connectivity index (χ4v) is 3.58. The number of anilines is 1. The van der Waals surface area contributed by atoms with Gasteiger partial charge in [0.05, 0.1) is 5.69 Å². The molecule has 0 saturated heterocycles. The first kappa shape index (κ1) is 17.0. The second-order valence-electron chi connectivity index (χ2n) is 6.53. The molecule has 1 aliphatic carbocycles. The van der Waals surface area contributed by atoms with Crippen molar-refractivity contribution in [1.29, 1.82) is 0 Å². The minimum atomic E-state index is -0.0139. The molecule has 1 aliphatic rings. The molecule has 7 nitrogen and oxygen atoms in total. The Morgan fingerprint density at radius 2 is 2.12 bits per heavy atom. The van der Waals surface area contributed by atoms with E-state index in [1.54, 1.807) is 0 Å². The summed E-state index contributed by atoms with van der Waals surface area (Å²) < 4.78 is 1.90. The van der Waals surface area contributed by atoms with Crippen molar-refractivity contribution in [2.45, 2.75) is 45.6 Å². The minimum Gasteiger partial charge on any atom is -0.301 e. The Bertz CT molecular complexity index is 733. The zero-order valence-corrected chi connectivity index (χ0v) is 15.5. The van der Waals surface area contributed by atoms with E-state index in [0.29, 0.717) is 24.0 Å². The quantitative estimate of drug-likeness (QED) is 0.830. The molecule has 24 heavy (non-hydrogen) atoms. The van der Waals surface area contributed by atoms with Crippen LogP contribution >= 0.6 is 11.3 Å². The number of rotatable bonds is 7. The van der Waals surface area contributed by atoms with Gasteiger partial charge in [-0.3, -0.25) is 9.48 Å². The molecule has 2 heterocycles. The lowest BCUT2D eigenvalue weighted by atomic mass is 10.2. The van der Waals surface area contributed by atoms with E-state index in [0.717, 1.165) is 17.2 Å². The van der Waals surface area contributed by atoms with Gasteiger partial charge in [0.25, 0.3) is 0 Å². The number of carbonyl (C=O) groups is 1. The van der Waals surface area contributed by atoms with Crippen LogP contribution in [0, 0.1) is 13.8 Å². The van der Waals surface area contributed by atoms with Gasteiger partial charge in [0.1, 0.15) is 5.01 Å². The Labute approximate surface area is 146 Å². The van der Waals surface area contributed by atoms with Crippen molar-refractivity contribution in [1.82, 2.24) is 24.9 Å². The van der Waals surface area contributed by atoms with E-state index in [1.807, 2.05) is 25.7 Å². The molecule has 1 fully saturated rings. The van der Waals surface area contributed by atoms with Crippen LogP contribution in [0.15, 0.2) is 0 Å². The van der Waals surface area contributed by atoms with Gasteiger partial charge in [0, 0.05) is 43.7 Å². The molecule has 0 radical (unpaired) electrons. The van der Waals surface area contributed by atoms with Gasteiger partial charge in [-0.1, -0.05) is 11.3 Å². The van der Waals surface area contributed by atoms with Crippen molar-refractivity contribution in [2.24, 2.45) is 7.05 Å². The fraction of sp³-hybridized carbons (Fsp3) is 0.625. The lowest BCUT2D eigenvalue weighted by Gasteiger charge is -2.16. The van der Waals surface area contributed by atoms with Crippen LogP contribution in [0.25, 0.3) is 0 Å². The maximum absolute atomic E-state index is 12.1. The summed E-state index contributed by atoms with van der Waals surface area (Å²) in [6.07, 6.45) is 2.83. The Kier molecular flexibility index (Phi) is 4.96. The van der Waals surface area contributed by atoms with Gasteiger partial charge in [-0.15, -0.1) is 10.2 Å². The van der Waals surface area contributed by atoms with E-state index in [2.05, 4.69) is 32.4 Å². The molecule has 2 aromatic rings. The summed E-state index contributed by atoms with van der Waals surface area (Å²) in [5.41, 5.74) is 3.46. The highest BCUT2D eigenvalue weighted by Crippen LogP contribution is 2.42. The molecular formula is C16H24N6OS. The third-order valence-electron chi connectivity index (χ3n) is 4.42. The number of aromatic nitrogens is 4. The average Bonchev–Trinajstić information content (AvgIpc) is 3.24. The summed E-state index contributed by atoms with van der Waals surface area (Å²) in [6, 6.07) is 0. The number of nitrogens with one attached hydrogen (secondary N) is 1. The number of amides is 1. The van der Waals surface area contributed by atoms with Crippen LogP contribution in [-0.2, 0) is 18.4 Å². The molecule has 1 N–H and O–H groups in total. The van der Waals surface area contributed by atoms with Gasteiger partial charge in [-0.25, -0.2) is 0 Å². The maximum Gasteiger partial charge on any atom is 0.227 e. The topological polar surface area (TPSA) is 75.9 Å². The van der Waals surface area contributed by atoms with Gasteiger partial charge >= 0.3 is 0 Å². The number of hydrogen-bond acceptors (Lipinski definition) is 6. The van der Waals surface area contributed by atoms with Gasteiger partial charge in [0.2, 0.25) is 11.0 Å². The van der Waals surface area contributed by atoms with E-state index in [-0.39, 0.29) is 5.91 Å². The summed E-state index contributed by atoms with van der Waals surface area (Å²) in [4.78, 5) is 14.2. The molecule has 8 heteroatoms. The second-order valence-corrected chi connectivity index (χ2v) is 7.54. The van der Waals surface area contributed by atoms with Crippen molar-refractivity contribution in [3.05, 3.63) is 22.0 Å². The normalized spacial score (nSPS) is 14.4.